The summed E-state index contributed by atoms with van der Waals surface area (Å²) >= 11 is 6.08. The fourth-order valence-corrected chi connectivity index (χ4v) is 4.09. The van der Waals surface area contributed by atoms with Crippen molar-refractivity contribution < 1.29 is 4.79 Å². The number of piperazine rings is 1. The highest BCUT2D eigenvalue weighted by molar-refractivity contribution is 6.30. The van der Waals surface area contributed by atoms with Gasteiger partial charge in [0.2, 0.25) is 5.91 Å². The van der Waals surface area contributed by atoms with E-state index in [-0.39, 0.29) is 11.9 Å². The van der Waals surface area contributed by atoms with Crippen LogP contribution in [0.25, 0.3) is 0 Å². The van der Waals surface area contributed by atoms with Crippen molar-refractivity contribution in [2.45, 2.75) is 38.0 Å². The molecule has 9 nitrogen and oxygen atoms in total. The van der Waals surface area contributed by atoms with Gasteiger partial charge in [0, 0.05) is 37.1 Å². The van der Waals surface area contributed by atoms with E-state index >= 15 is 0 Å². The predicted octanol–water partition coefficient (Wildman–Crippen LogP) is 1.53. The number of amides is 1. The highest BCUT2D eigenvalue weighted by Crippen LogP contribution is 2.23. The van der Waals surface area contributed by atoms with Crippen LogP contribution >= 0.6 is 11.6 Å². The van der Waals surface area contributed by atoms with Crippen LogP contribution in [0.15, 0.2) is 29.4 Å². The summed E-state index contributed by atoms with van der Waals surface area (Å²) in [5, 5.41) is 32.1. The Morgan fingerprint density at radius 2 is 2.09 bits per heavy atom. The van der Waals surface area contributed by atoms with E-state index in [1.54, 1.807) is 7.05 Å². The molecule has 0 aliphatic carbocycles. The molecular weight excluding hydrogens is 428 g/mol. The predicted molar refractivity (Wildman–Crippen MR) is 122 cm³/mol. The molecule has 3 rings (SSSR count). The van der Waals surface area contributed by atoms with Gasteiger partial charge in [0.25, 0.3) is 0 Å². The number of halogens is 1. The van der Waals surface area contributed by atoms with Gasteiger partial charge in [-0.15, -0.1) is 0 Å². The molecular formula is C22H29ClN8O. The molecule has 2 aliphatic heterocycles. The van der Waals surface area contributed by atoms with E-state index in [9.17, 15) is 10.1 Å². The zero-order valence-electron chi connectivity index (χ0n) is 18.3. The first-order valence-corrected chi connectivity index (χ1v) is 11.3. The van der Waals surface area contributed by atoms with Crippen LogP contribution in [0, 0.1) is 22.8 Å². The first-order chi connectivity index (χ1) is 15.5. The topological polar surface area (TPSA) is 111 Å². The molecule has 0 spiro atoms. The second-order valence-corrected chi connectivity index (χ2v) is 8.34. The van der Waals surface area contributed by atoms with Crippen LogP contribution in [0.2, 0.25) is 5.02 Å². The van der Waals surface area contributed by atoms with Gasteiger partial charge in [-0.1, -0.05) is 30.2 Å². The summed E-state index contributed by atoms with van der Waals surface area (Å²) in [6.45, 7) is 2.84. The quantitative estimate of drug-likeness (QED) is 0.238. The number of nitriles is 2. The SMILES string of the molecule is CN(C#N)C(NCCCCCC#N)N1CC(N2CCNCC2=O)C(c2ccc(Cl)cc2)=N1. The van der Waals surface area contributed by atoms with Crippen LogP contribution < -0.4 is 10.6 Å². The summed E-state index contributed by atoms with van der Waals surface area (Å²) in [7, 11) is 1.72. The molecule has 1 amide bonds. The van der Waals surface area contributed by atoms with E-state index in [2.05, 4.69) is 22.9 Å². The number of hydrogen-bond acceptors (Lipinski definition) is 8. The van der Waals surface area contributed by atoms with Gasteiger partial charge >= 0.3 is 0 Å². The van der Waals surface area contributed by atoms with Crippen molar-refractivity contribution >= 4 is 23.2 Å². The Morgan fingerprint density at radius 3 is 2.78 bits per heavy atom. The summed E-state index contributed by atoms with van der Waals surface area (Å²) in [4.78, 5) is 16.0. The minimum atomic E-state index is -0.429. The van der Waals surface area contributed by atoms with Crippen molar-refractivity contribution in [2.75, 3.05) is 39.8 Å². The van der Waals surface area contributed by atoms with E-state index in [1.807, 2.05) is 34.2 Å². The Labute approximate surface area is 194 Å². The minimum Gasteiger partial charge on any atom is -0.330 e. The maximum atomic E-state index is 12.6. The van der Waals surface area contributed by atoms with E-state index in [1.165, 1.54) is 4.90 Å². The van der Waals surface area contributed by atoms with E-state index < -0.39 is 6.29 Å². The molecule has 1 aromatic carbocycles. The number of benzene rings is 1. The Morgan fingerprint density at radius 1 is 1.31 bits per heavy atom. The van der Waals surface area contributed by atoms with Crippen LogP contribution in [0.3, 0.4) is 0 Å². The van der Waals surface area contributed by atoms with Gasteiger partial charge in [-0.05, 0) is 31.5 Å². The third-order valence-corrected chi connectivity index (χ3v) is 5.91. The van der Waals surface area contributed by atoms with Crippen molar-refractivity contribution in [3.63, 3.8) is 0 Å². The Bertz CT molecular complexity index is 891. The standard InChI is InChI=1S/C22H29ClN8O/c1-29(16-25)22(27-11-5-3-2-4-10-24)31-15-19(30-13-12-26-14-20(30)32)21(28-31)17-6-8-18(23)9-7-17/h6-9,19,22,26-27H,2-5,11-15H2,1H3. The third kappa shape index (κ3) is 5.89. The number of carbonyl (C=O) groups excluding carboxylic acids is 1. The summed E-state index contributed by atoms with van der Waals surface area (Å²) in [5.74, 6) is 0.0420. The highest BCUT2D eigenvalue weighted by atomic mass is 35.5. The molecule has 32 heavy (non-hydrogen) atoms. The average Bonchev–Trinajstić information content (AvgIpc) is 3.23. The maximum Gasteiger partial charge on any atom is 0.237 e. The molecule has 2 atom stereocenters. The van der Waals surface area contributed by atoms with Gasteiger partial charge in [-0.25, -0.2) is 0 Å². The van der Waals surface area contributed by atoms with Crippen molar-refractivity contribution in [3.05, 3.63) is 34.9 Å². The molecule has 2 unspecified atom stereocenters. The molecule has 0 aromatic heterocycles. The fraction of sp³-hybridized carbons (Fsp3) is 0.545. The smallest absolute Gasteiger partial charge is 0.237 e. The number of nitrogens with one attached hydrogen (secondary N) is 2. The minimum absolute atomic E-state index is 0.0420. The van der Waals surface area contributed by atoms with Crippen molar-refractivity contribution in [1.29, 1.82) is 10.5 Å². The first kappa shape index (κ1) is 23.8. The van der Waals surface area contributed by atoms with Crippen LogP contribution in [-0.4, -0.2) is 78.5 Å². The summed E-state index contributed by atoms with van der Waals surface area (Å²) in [6.07, 6.45) is 5.02. The molecule has 10 heteroatoms. The Hall–Kier alpha value is -2.85. The van der Waals surface area contributed by atoms with Gasteiger partial charge in [-0.2, -0.15) is 15.6 Å². The lowest BCUT2D eigenvalue weighted by Gasteiger charge is -2.35. The molecule has 1 fully saturated rings. The fourth-order valence-electron chi connectivity index (χ4n) is 3.97. The lowest BCUT2D eigenvalue weighted by molar-refractivity contribution is -0.133. The number of rotatable bonds is 10. The van der Waals surface area contributed by atoms with Gasteiger partial charge < -0.3 is 10.2 Å². The largest absolute Gasteiger partial charge is 0.330 e. The zero-order valence-corrected chi connectivity index (χ0v) is 19.1. The molecule has 2 heterocycles. The number of unbranched alkanes of at least 4 members (excludes halogenated alkanes) is 3. The monoisotopic (exact) mass is 456 g/mol. The second-order valence-electron chi connectivity index (χ2n) is 7.90. The van der Waals surface area contributed by atoms with Crippen LogP contribution in [0.1, 0.15) is 31.2 Å². The van der Waals surface area contributed by atoms with Gasteiger partial charge in [0.1, 0.15) is 0 Å². The first-order valence-electron chi connectivity index (χ1n) is 10.9. The van der Waals surface area contributed by atoms with E-state index in [0.29, 0.717) is 37.6 Å². The lowest BCUT2D eigenvalue weighted by atomic mass is 10.0. The third-order valence-electron chi connectivity index (χ3n) is 5.65. The lowest BCUT2D eigenvalue weighted by Crippen LogP contribution is -2.57. The molecule has 2 aliphatic rings. The van der Waals surface area contributed by atoms with Gasteiger partial charge in [0.15, 0.2) is 12.5 Å². The number of nitrogens with zero attached hydrogens (tertiary/aromatic N) is 6. The zero-order chi connectivity index (χ0) is 22.9. The van der Waals surface area contributed by atoms with Gasteiger partial charge in [0.05, 0.1) is 30.9 Å². The van der Waals surface area contributed by atoms with Crippen LogP contribution in [0.5, 0.6) is 0 Å². The van der Waals surface area contributed by atoms with Crippen LogP contribution in [0.4, 0.5) is 0 Å². The summed E-state index contributed by atoms with van der Waals surface area (Å²) < 4.78 is 0. The Balaban J connectivity index is 1.80. The van der Waals surface area contributed by atoms with E-state index in [0.717, 1.165) is 37.1 Å². The summed E-state index contributed by atoms with van der Waals surface area (Å²) in [5.41, 5.74) is 1.70. The maximum absolute atomic E-state index is 12.6. The van der Waals surface area contributed by atoms with Crippen molar-refractivity contribution in [3.8, 4) is 12.3 Å². The van der Waals surface area contributed by atoms with Crippen molar-refractivity contribution in [2.24, 2.45) is 5.10 Å². The number of hydrazone groups is 1. The molecule has 1 aromatic rings. The molecule has 170 valence electrons. The molecule has 1 saturated heterocycles. The molecule has 0 saturated carbocycles. The van der Waals surface area contributed by atoms with Crippen LogP contribution in [-0.2, 0) is 4.79 Å². The molecule has 0 bridgehead atoms. The van der Waals surface area contributed by atoms with Gasteiger partial charge in [-0.3, -0.25) is 20.0 Å². The highest BCUT2D eigenvalue weighted by Gasteiger charge is 2.39. The second kappa shape index (κ2) is 11.7. The number of hydrogen-bond donors (Lipinski definition) is 2. The average molecular weight is 457 g/mol. The molecule has 2 N–H and O–H groups in total. The van der Waals surface area contributed by atoms with E-state index in [4.69, 9.17) is 22.0 Å². The van der Waals surface area contributed by atoms with Crippen molar-refractivity contribution in [1.82, 2.24) is 25.4 Å². The Kier molecular flexibility index (Phi) is 8.69. The number of carbonyl (C=O) groups is 1. The normalized spacial score (nSPS) is 19.3. The molecule has 0 radical (unpaired) electrons. The summed E-state index contributed by atoms with van der Waals surface area (Å²) in [6, 6.07) is 9.41.